The Kier molecular flexibility index (Phi) is 6.10. The van der Waals surface area contributed by atoms with Crippen molar-refractivity contribution < 1.29 is 23.8 Å². The van der Waals surface area contributed by atoms with Gasteiger partial charge >= 0.3 is 5.97 Å². The molecule has 1 aliphatic carbocycles. The summed E-state index contributed by atoms with van der Waals surface area (Å²) >= 11 is 6.10. The van der Waals surface area contributed by atoms with Crippen LogP contribution in [0.5, 0.6) is 11.5 Å². The van der Waals surface area contributed by atoms with E-state index in [1.165, 1.54) is 19.1 Å². The second-order valence-electron chi connectivity index (χ2n) is 6.89. The van der Waals surface area contributed by atoms with Gasteiger partial charge in [0.25, 0.3) is 5.91 Å². The summed E-state index contributed by atoms with van der Waals surface area (Å²) in [6, 6.07) is 5.53. The minimum Gasteiger partial charge on any atom is -0.454 e. The van der Waals surface area contributed by atoms with Crippen LogP contribution in [0, 0.1) is 11.3 Å². The molecule has 28 heavy (non-hydrogen) atoms. The molecule has 1 aliphatic heterocycles. The molecule has 0 spiro atoms. The molecule has 1 atom stereocenters. The van der Waals surface area contributed by atoms with Crippen LogP contribution in [-0.4, -0.2) is 30.3 Å². The normalized spacial score (nSPS) is 18.3. The maximum absolute atomic E-state index is 12.3. The predicted molar refractivity (Wildman–Crippen MR) is 102 cm³/mol. The zero-order valence-electron chi connectivity index (χ0n) is 15.5. The Balaban J connectivity index is 1.57. The van der Waals surface area contributed by atoms with Crippen LogP contribution >= 0.6 is 11.6 Å². The Labute approximate surface area is 168 Å². The maximum atomic E-state index is 12.3. The largest absolute Gasteiger partial charge is 0.454 e. The molecule has 1 fully saturated rings. The van der Waals surface area contributed by atoms with E-state index in [0.29, 0.717) is 34.9 Å². The van der Waals surface area contributed by atoms with Crippen molar-refractivity contribution in [3.63, 3.8) is 0 Å². The molecule has 2 aliphatic rings. The third-order valence-corrected chi connectivity index (χ3v) is 5.09. The van der Waals surface area contributed by atoms with Crippen LogP contribution in [0.15, 0.2) is 18.2 Å². The minimum absolute atomic E-state index is 0.0983. The van der Waals surface area contributed by atoms with Crippen molar-refractivity contribution in [1.29, 1.82) is 5.26 Å². The van der Waals surface area contributed by atoms with Crippen LogP contribution in [0.3, 0.4) is 0 Å². The Morgan fingerprint density at radius 3 is 2.79 bits per heavy atom. The first kappa shape index (κ1) is 20.0. The number of fused-ring (bicyclic) bond motifs is 1. The van der Waals surface area contributed by atoms with Gasteiger partial charge < -0.3 is 19.5 Å². The Bertz CT molecular complexity index is 840. The highest BCUT2D eigenvalue weighted by atomic mass is 35.5. The van der Waals surface area contributed by atoms with E-state index in [1.807, 2.05) is 0 Å². The fourth-order valence-corrected chi connectivity index (χ4v) is 3.55. The first-order valence-corrected chi connectivity index (χ1v) is 9.51. The van der Waals surface area contributed by atoms with E-state index in [1.54, 1.807) is 12.1 Å². The molecule has 0 saturated heterocycles. The molecule has 0 unspecified atom stereocenters. The number of carbonyl (C=O) groups excluding carboxylic acids is 2. The summed E-state index contributed by atoms with van der Waals surface area (Å²) in [5.74, 6) is -0.175. The number of esters is 1. The summed E-state index contributed by atoms with van der Waals surface area (Å²) in [5, 5.41) is 12.6. The zero-order chi connectivity index (χ0) is 20.1. The number of halogens is 1. The zero-order valence-corrected chi connectivity index (χ0v) is 16.3. The van der Waals surface area contributed by atoms with Crippen LogP contribution in [0.4, 0.5) is 0 Å². The smallest absolute Gasteiger partial charge is 0.331 e. The minimum atomic E-state index is -1.01. The highest BCUT2D eigenvalue weighted by molar-refractivity contribution is 6.32. The molecule has 0 radical (unpaired) electrons. The second-order valence-corrected chi connectivity index (χ2v) is 7.30. The monoisotopic (exact) mass is 404 g/mol. The average molecular weight is 405 g/mol. The summed E-state index contributed by atoms with van der Waals surface area (Å²) in [7, 11) is 0. The molecule has 8 heteroatoms. The SMILES string of the molecule is C[C@@H](OC(=O)/C=C/c1cc(Cl)c2c(c1)OCO2)C(=O)NC1(C#N)CCCCC1. The topological polar surface area (TPSA) is 97.7 Å². The summed E-state index contributed by atoms with van der Waals surface area (Å²) in [4.78, 5) is 24.4. The van der Waals surface area contributed by atoms with Crippen LogP contribution in [0.1, 0.15) is 44.6 Å². The van der Waals surface area contributed by atoms with Gasteiger partial charge in [-0.05, 0) is 43.5 Å². The van der Waals surface area contributed by atoms with Crippen LogP contribution in [0.25, 0.3) is 6.08 Å². The number of nitrogens with one attached hydrogen (secondary N) is 1. The number of carbonyl (C=O) groups is 2. The lowest BCUT2D eigenvalue weighted by Crippen LogP contribution is -2.52. The van der Waals surface area contributed by atoms with Gasteiger partial charge in [-0.15, -0.1) is 0 Å². The number of ether oxygens (including phenoxy) is 3. The van der Waals surface area contributed by atoms with E-state index in [2.05, 4.69) is 11.4 Å². The van der Waals surface area contributed by atoms with Crippen molar-refractivity contribution in [1.82, 2.24) is 5.32 Å². The van der Waals surface area contributed by atoms with Gasteiger partial charge in [0.15, 0.2) is 17.6 Å². The van der Waals surface area contributed by atoms with Crippen LogP contribution < -0.4 is 14.8 Å². The first-order chi connectivity index (χ1) is 13.4. The maximum Gasteiger partial charge on any atom is 0.331 e. The Morgan fingerprint density at radius 2 is 2.07 bits per heavy atom. The molecule has 7 nitrogen and oxygen atoms in total. The number of benzene rings is 1. The third kappa shape index (κ3) is 4.57. The standard InChI is InChI=1S/C20H21ClN2O5/c1-13(19(25)23-20(11-22)7-3-2-4-8-20)28-17(24)6-5-14-9-15(21)18-16(10-14)26-12-27-18/h5-6,9-10,13H,2-4,7-8,12H2,1H3,(H,23,25)/b6-5+/t13-/m1/s1. The van der Waals surface area contributed by atoms with Crippen molar-refractivity contribution >= 4 is 29.6 Å². The van der Waals surface area contributed by atoms with E-state index >= 15 is 0 Å². The quantitative estimate of drug-likeness (QED) is 0.597. The fraction of sp³-hybridized carbons (Fsp3) is 0.450. The molecular weight excluding hydrogens is 384 g/mol. The molecule has 148 valence electrons. The molecule has 1 heterocycles. The van der Waals surface area contributed by atoms with E-state index in [0.717, 1.165) is 19.3 Å². The molecule has 1 aromatic rings. The molecule has 0 bridgehead atoms. The Morgan fingerprint density at radius 1 is 1.32 bits per heavy atom. The van der Waals surface area contributed by atoms with Gasteiger partial charge in [-0.25, -0.2) is 4.79 Å². The molecule has 3 rings (SSSR count). The lowest BCUT2D eigenvalue weighted by Gasteiger charge is -2.32. The molecular formula is C20H21ClN2O5. The van der Waals surface area contributed by atoms with Gasteiger partial charge in [-0.1, -0.05) is 30.9 Å². The lowest BCUT2D eigenvalue weighted by molar-refractivity contribution is -0.150. The molecule has 1 saturated carbocycles. The van der Waals surface area contributed by atoms with Gasteiger partial charge in [0, 0.05) is 6.08 Å². The number of hydrogen-bond acceptors (Lipinski definition) is 6. The van der Waals surface area contributed by atoms with Crippen LogP contribution in [0.2, 0.25) is 5.02 Å². The number of nitriles is 1. The lowest BCUT2D eigenvalue weighted by atomic mass is 9.83. The third-order valence-electron chi connectivity index (χ3n) is 4.81. The van der Waals surface area contributed by atoms with Gasteiger partial charge in [0.05, 0.1) is 11.1 Å². The van der Waals surface area contributed by atoms with Crippen molar-refractivity contribution in [2.24, 2.45) is 0 Å². The average Bonchev–Trinajstić information content (AvgIpc) is 3.16. The van der Waals surface area contributed by atoms with E-state index < -0.39 is 23.5 Å². The summed E-state index contributed by atoms with van der Waals surface area (Å²) < 4.78 is 15.7. The fourth-order valence-electron chi connectivity index (χ4n) is 3.27. The van der Waals surface area contributed by atoms with Crippen molar-refractivity contribution in [3.05, 3.63) is 28.8 Å². The summed E-state index contributed by atoms with van der Waals surface area (Å²) in [6.07, 6.45) is 5.77. The highest BCUT2D eigenvalue weighted by Crippen LogP contribution is 2.40. The first-order valence-electron chi connectivity index (χ1n) is 9.13. The predicted octanol–water partition coefficient (Wildman–Crippen LogP) is 3.36. The van der Waals surface area contributed by atoms with E-state index in [4.69, 9.17) is 25.8 Å². The summed E-state index contributed by atoms with van der Waals surface area (Å²) in [5.41, 5.74) is -0.233. The van der Waals surface area contributed by atoms with Crippen LogP contribution in [-0.2, 0) is 14.3 Å². The van der Waals surface area contributed by atoms with Crippen molar-refractivity contribution in [3.8, 4) is 17.6 Å². The number of rotatable bonds is 5. The summed E-state index contributed by atoms with van der Waals surface area (Å²) in [6.45, 7) is 1.58. The second kappa shape index (κ2) is 8.53. The molecule has 1 aromatic carbocycles. The molecule has 1 amide bonds. The molecule has 1 N–H and O–H groups in total. The van der Waals surface area contributed by atoms with Gasteiger partial charge in [-0.3, -0.25) is 4.79 Å². The van der Waals surface area contributed by atoms with Crippen molar-refractivity contribution in [2.45, 2.75) is 50.7 Å². The van der Waals surface area contributed by atoms with Crippen molar-refractivity contribution in [2.75, 3.05) is 6.79 Å². The molecule has 0 aromatic heterocycles. The van der Waals surface area contributed by atoms with Gasteiger partial charge in [-0.2, -0.15) is 5.26 Å². The highest BCUT2D eigenvalue weighted by Gasteiger charge is 2.35. The number of hydrogen-bond donors (Lipinski definition) is 1. The van der Waals surface area contributed by atoms with Gasteiger partial charge in [0.2, 0.25) is 6.79 Å². The van der Waals surface area contributed by atoms with E-state index in [-0.39, 0.29) is 6.79 Å². The number of nitrogens with zero attached hydrogens (tertiary/aromatic N) is 1. The Hall–Kier alpha value is -2.72. The van der Waals surface area contributed by atoms with E-state index in [9.17, 15) is 14.9 Å². The number of amides is 1. The van der Waals surface area contributed by atoms with Gasteiger partial charge in [0.1, 0.15) is 5.54 Å².